The van der Waals surface area contributed by atoms with Crippen molar-refractivity contribution in [2.45, 2.75) is 19.0 Å². The molecule has 6 nitrogen and oxygen atoms in total. The SMILES string of the molecule is CN1C(=O)COC[C@@H]2CCN(Cc3cnn(C)c3)C[C@@H]21. The van der Waals surface area contributed by atoms with Crippen LogP contribution in [0.25, 0.3) is 0 Å². The third-order valence-electron chi connectivity index (χ3n) is 4.42. The summed E-state index contributed by atoms with van der Waals surface area (Å²) in [5, 5.41) is 4.21. The first-order chi connectivity index (χ1) is 9.63. The molecule has 3 rings (SSSR count). The fourth-order valence-corrected chi connectivity index (χ4v) is 3.22. The Labute approximate surface area is 119 Å². The second-order valence-electron chi connectivity index (χ2n) is 5.89. The third-order valence-corrected chi connectivity index (χ3v) is 4.42. The number of nitrogens with zero attached hydrogens (tertiary/aromatic N) is 4. The molecule has 0 aromatic carbocycles. The Morgan fingerprint density at radius 1 is 1.45 bits per heavy atom. The van der Waals surface area contributed by atoms with Crippen LogP contribution in [0.5, 0.6) is 0 Å². The molecule has 1 aromatic heterocycles. The highest BCUT2D eigenvalue weighted by Crippen LogP contribution is 2.25. The van der Waals surface area contributed by atoms with Gasteiger partial charge in [0.2, 0.25) is 5.91 Å². The van der Waals surface area contributed by atoms with Gasteiger partial charge in [-0.25, -0.2) is 0 Å². The second kappa shape index (κ2) is 5.54. The summed E-state index contributed by atoms with van der Waals surface area (Å²) in [5.74, 6) is 0.567. The molecule has 110 valence electrons. The van der Waals surface area contributed by atoms with Crippen LogP contribution < -0.4 is 0 Å². The Hall–Kier alpha value is -1.40. The molecule has 0 spiro atoms. The lowest BCUT2D eigenvalue weighted by Gasteiger charge is -2.40. The van der Waals surface area contributed by atoms with Gasteiger partial charge in [0.15, 0.2) is 0 Å². The van der Waals surface area contributed by atoms with Crippen LogP contribution in [0.4, 0.5) is 0 Å². The molecular weight excluding hydrogens is 256 g/mol. The number of fused-ring (bicyclic) bond motifs is 1. The van der Waals surface area contributed by atoms with Gasteiger partial charge in [-0.05, 0) is 13.0 Å². The minimum absolute atomic E-state index is 0.0979. The number of carbonyl (C=O) groups excluding carboxylic acids is 1. The molecule has 2 aliphatic rings. The number of rotatable bonds is 2. The zero-order chi connectivity index (χ0) is 14.1. The lowest BCUT2D eigenvalue weighted by Crippen LogP contribution is -2.52. The van der Waals surface area contributed by atoms with Crippen molar-refractivity contribution in [3.05, 3.63) is 18.0 Å². The van der Waals surface area contributed by atoms with Gasteiger partial charge in [-0.15, -0.1) is 0 Å². The van der Waals surface area contributed by atoms with Gasteiger partial charge in [-0.2, -0.15) is 5.10 Å². The van der Waals surface area contributed by atoms with Gasteiger partial charge in [-0.3, -0.25) is 14.4 Å². The van der Waals surface area contributed by atoms with Crippen LogP contribution in [-0.2, 0) is 23.1 Å². The molecule has 2 saturated heterocycles. The van der Waals surface area contributed by atoms with E-state index in [0.29, 0.717) is 12.5 Å². The number of amides is 1. The van der Waals surface area contributed by atoms with E-state index in [1.807, 2.05) is 29.9 Å². The largest absolute Gasteiger partial charge is 0.371 e. The van der Waals surface area contributed by atoms with E-state index >= 15 is 0 Å². The molecule has 0 aliphatic carbocycles. The van der Waals surface area contributed by atoms with Crippen LogP contribution in [0.3, 0.4) is 0 Å². The lowest BCUT2D eigenvalue weighted by atomic mass is 9.91. The van der Waals surface area contributed by atoms with Gasteiger partial charge < -0.3 is 9.64 Å². The Morgan fingerprint density at radius 3 is 3.05 bits per heavy atom. The second-order valence-corrected chi connectivity index (χ2v) is 5.89. The van der Waals surface area contributed by atoms with Crippen molar-refractivity contribution >= 4 is 5.91 Å². The molecule has 0 saturated carbocycles. The Bertz CT molecular complexity index is 487. The molecule has 0 bridgehead atoms. The van der Waals surface area contributed by atoms with Crippen LogP contribution >= 0.6 is 0 Å². The maximum absolute atomic E-state index is 11.9. The summed E-state index contributed by atoms with van der Waals surface area (Å²) in [6, 6.07) is 0.274. The molecule has 1 amide bonds. The summed E-state index contributed by atoms with van der Waals surface area (Å²) in [6.07, 6.45) is 5.05. The summed E-state index contributed by atoms with van der Waals surface area (Å²) in [7, 11) is 3.84. The topological polar surface area (TPSA) is 50.6 Å². The number of likely N-dealkylation sites (N-methyl/N-ethyl adjacent to an activating group) is 1. The monoisotopic (exact) mass is 278 g/mol. The maximum Gasteiger partial charge on any atom is 0.248 e. The number of hydrogen-bond acceptors (Lipinski definition) is 4. The number of ether oxygens (including phenoxy) is 1. The first-order valence-electron chi connectivity index (χ1n) is 7.17. The number of aromatic nitrogens is 2. The highest BCUT2D eigenvalue weighted by molar-refractivity contribution is 5.77. The van der Waals surface area contributed by atoms with E-state index in [4.69, 9.17) is 4.74 Å². The predicted octanol–water partition coefficient (Wildman–Crippen LogP) is 0.0992. The highest BCUT2D eigenvalue weighted by atomic mass is 16.5. The van der Waals surface area contributed by atoms with Gasteiger partial charge in [0.25, 0.3) is 0 Å². The van der Waals surface area contributed by atoms with Crippen molar-refractivity contribution < 1.29 is 9.53 Å². The van der Waals surface area contributed by atoms with Crippen molar-refractivity contribution in [2.75, 3.05) is 33.4 Å². The van der Waals surface area contributed by atoms with E-state index in [1.165, 1.54) is 5.56 Å². The van der Waals surface area contributed by atoms with Gasteiger partial charge in [0.1, 0.15) is 6.61 Å². The van der Waals surface area contributed by atoms with Crippen molar-refractivity contribution in [3.8, 4) is 0 Å². The van der Waals surface area contributed by atoms with E-state index in [9.17, 15) is 4.79 Å². The fraction of sp³-hybridized carbons (Fsp3) is 0.714. The number of piperidine rings is 1. The molecule has 0 unspecified atom stereocenters. The molecule has 6 heteroatoms. The van der Waals surface area contributed by atoms with Crippen LogP contribution in [0, 0.1) is 5.92 Å². The van der Waals surface area contributed by atoms with E-state index < -0.39 is 0 Å². The van der Waals surface area contributed by atoms with Gasteiger partial charge >= 0.3 is 0 Å². The van der Waals surface area contributed by atoms with E-state index in [0.717, 1.165) is 26.1 Å². The molecule has 3 heterocycles. The molecule has 2 fully saturated rings. The summed E-state index contributed by atoms with van der Waals surface area (Å²) < 4.78 is 7.31. The van der Waals surface area contributed by atoms with Crippen molar-refractivity contribution in [1.82, 2.24) is 19.6 Å². The zero-order valence-electron chi connectivity index (χ0n) is 12.2. The molecular formula is C14H22N4O2. The number of likely N-dealkylation sites (tertiary alicyclic amines) is 1. The van der Waals surface area contributed by atoms with E-state index in [2.05, 4.69) is 16.2 Å². The summed E-state index contributed by atoms with van der Waals surface area (Å²) >= 11 is 0. The Kier molecular flexibility index (Phi) is 3.76. The van der Waals surface area contributed by atoms with Gasteiger partial charge in [0, 0.05) is 50.9 Å². The summed E-state index contributed by atoms with van der Waals surface area (Å²) in [5.41, 5.74) is 1.23. The standard InChI is InChI=1S/C14H22N4O2/c1-16-6-11(5-15-16)7-18-4-3-12-9-20-10-14(19)17(2)13(12)8-18/h5-6,12-13H,3-4,7-10H2,1-2H3/t12-,13-/m0/s1. The third kappa shape index (κ3) is 2.71. The average molecular weight is 278 g/mol. The minimum atomic E-state index is 0.0979. The van der Waals surface area contributed by atoms with E-state index in [-0.39, 0.29) is 18.6 Å². The van der Waals surface area contributed by atoms with Crippen LogP contribution in [-0.4, -0.2) is 64.9 Å². The normalized spacial score (nSPS) is 28.3. The number of hydrogen-bond donors (Lipinski definition) is 0. The molecule has 1 aromatic rings. The zero-order valence-corrected chi connectivity index (χ0v) is 12.2. The quantitative estimate of drug-likeness (QED) is 0.770. The highest BCUT2D eigenvalue weighted by Gasteiger charge is 2.36. The van der Waals surface area contributed by atoms with Crippen LogP contribution in [0.15, 0.2) is 12.4 Å². The molecule has 20 heavy (non-hydrogen) atoms. The van der Waals surface area contributed by atoms with Crippen LogP contribution in [0.1, 0.15) is 12.0 Å². The molecule has 0 N–H and O–H groups in total. The minimum Gasteiger partial charge on any atom is -0.371 e. The van der Waals surface area contributed by atoms with Gasteiger partial charge in [-0.1, -0.05) is 0 Å². The smallest absolute Gasteiger partial charge is 0.248 e. The first kappa shape index (κ1) is 13.6. The first-order valence-corrected chi connectivity index (χ1v) is 7.17. The lowest BCUT2D eigenvalue weighted by molar-refractivity contribution is -0.134. The molecule has 2 atom stereocenters. The number of carbonyl (C=O) groups is 1. The Morgan fingerprint density at radius 2 is 2.30 bits per heavy atom. The maximum atomic E-state index is 11.9. The Balaban J connectivity index is 1.67. The predicted molar refractivity (Wildman–Crippen MR) is 74.0 cm³/mol. The average Bonchev–Trinajstić information content (AvgIpc) is 2.78. The van der Waals surface area contributed by atoms with E-state index in [1.54, 1.807) is 0 Å². The molecule has 2 aliphatic heterocycles. The van der Waals surface area contributed by atoms with Crippen molar-refractivity contribution in [1.29, 1.82) is 0 Å². The van der Waals surface area contributed by atoms with Crippen molar-refractivity contribution in [2.24, 2.45) is 13.0 Å². The van der Waals surface area contributed by atoms with Crippen LogP contribution in [0.2, 0.25) is 0 Å². The summed E-state index contributed by atoms with van der Waals surface area (Å²) in [6.45, 7) is 3.82. The molecule has 0 radical (unpaired) electrons. The van der Waals surface area contributed by atoms with Gasteiger partial charge in [0.05, 0.1) is 12.8 Å². The number of aryl methyl sites for hydroxylation is 1. The fourth-order valence-electron chi connectivity index (χ4n) is 3.22. The summed E-state index contributed by atoms with van der Waals surface area (Å²) in [4.78, 5) is 16.2. The van der Waals surface area contributed by atoms with Crippen molar-refractivity contribution in [3.63, 3.8) is 0 Å².